The molecular formula is C19H22F2N4O3. The number of halogens is 2. The minimum absolute atomic E-state index is 0.0646. The molecule has 2 aliphatic rings. The Balaban J connectivity index is 1.58. The zero-order chi connectivity index (χ0) is 19.8. The molecule has 2 N–H and O–H groups in total. The highest BCUT2D eigenvalue weighted by molar-refractivity contribution is 5.95. The number of amides is 1. The zero-order valence-corrected chi connectivity index (χ0v) is 15.4. The number of aromatic nitrogens is 2. The molecule has 0 spiro atoms. The molecule has 0 fully saturated rings. The summed E-state index contributed by atoms with van der Waals surface area (Å²) < 4.78 is 30.7. The van der Waals surface area contributed by atoms with Gasteiger partial charge in [-0.2, -0.15) is 13.9 Å². The van der Waals surface area contributed by atoms with Crippen molar-refractivity contribution in [1.82, 2.24) is 20.0 Å². The summed E-state index contributed by atoms with van der Waals surface area (Å²) in [5.41, 5.74) is 3.19. The molecule has 2 aromatic rings. The molecule has 150 valence electrons. The molecule has 1 amide bonds. The minimum atomic E-state index is -2.88. The van der Waals surface area contributed by atoms with Crippen LogP contribution >= 0.6 is 0 Å². The number of nitrogens with one attached hydrogen (secondary N) is 1. The standard InChI is InChI=1S/C19H22F2N4O3/c1-11-6-16-15(7-22-11)17-18(27)24(13(10-26)9-25(17)23-16)8-12-2-4-14(5-3-12)28-19(20)21/h2-5,11,13,19,22,26H,6-10H2,1H3/t11-,13?/m1/s1. The number of aliphatic hydroxyl groups excluding tert-OH is 1. The van der Waals surface area contributed by atoms with E-state index in [2.05, 4.69) is 22.1 Å². The number of carbonyl (C=O) groups is 1. The first-order valence-corrected chi connectivity index (χ1v) is 9.23. The third-order valence-electron chi connectivity index (χ3n) is 5.26. The van der Waals surface area contributed by atoms with Gasteiger partial charge in [-0.25, -0.2) is 0 Å². The molecule has 1 aromatic carbocycles. The highest BCUT2D eigenvalue weighted by Crippen LogP contribution is 2.28. The second kappa shape index (κ2) is 7.48. The van der Waals surface area contributed by atoms with Gasteiger partial charge < -0.3 is 20.1 Å². The zero-order valence-electron chi connectivity index (χ0n) is 15.4. The monoisotopic (exact) mass is 392 g/mol. The summed E-state index contributed by atoms with van der Waals surface area (Å²) in [6.07, 6.45) is 0.762. The van der Waals surface area contributed by atoms with E-state index >= 15 is 0 Å². The van der Waals surface area contributed by atoms with Gasteiger partial charge in [0, 0.05) is 31.1 Å². The lowest BCUT2D eigenvalue weighted by Crippen LogP contribution is -2.50. The van der Waals surface area contributed by atoms with Crippen molar-refractivity contribution in [3.8, 4) is 5.75 Å². The smallest absolute Gasteiger partial charge is 0.387 e. The average molecular weight is 392 g/mol. The van der Waals surface area contributed by atoms with Gasteiger partial charge in [0.1, 0.15) is 11.4 Å². The van der Waals surface area contributed by atoms with E-state index in [9.17, 15) is 18.7 Å². The number of hydrogen-bond acceptors (Lipinski definition) is 5. The van der Waals surface area contributed by atoms with Crippen LogP contribution in [0.5, 0.6) is 5.75 Å². The van der Waals surface area contributed by atoms with Gasteiger partial charge in [-0.3, -0.25) is 9.48 Å². The molecule has 7 nitrogen and oxygen atoms in total. The number of nitrogens with zero attached hydrogens (tertiary/aromatic N) is 3. The van der Waals surface area contributed by atoms with Crippen LogP contribution in [0.25, 0.3) is 0 Å². The van der Waals surface area contributed by atoms with Gasteiger partial charge >= 0.3 is 6.61 Å². The fourth-order valence-electron chi connectivity index (χ4n) is 3.84. The van der Waals surface area contributed by atoms with Crippen LogP contribution in [0.1, 0.15) is 34.2 Å². The Labute approximate surface area is 160 Å². The predicted molar refractivity (Wildman–Crippen MR) is 96.1 cm³/mol. The molecule has 0 bridgehead atoms. The molecule has 28 heavy (non-hydrogen) atoms. The maximum Gasteiger partial charge on any atom is 0.387 e. The summed E-state index contributed by atoms with van der Waals surface area (Å²) in [5.74, 6) is -0.113. The maximum atomic E-state index is 13.2. The van der Waals surface area contributed by atoms with Crippen molar-refractivity contribution < 1.29 is 23.4 Å². The number of rotatable bonds is 5. The summed E-state index contributed by atoms with van der Waals surface area (Å²) in [6, 6.07) is 6.08. The first kappa shape index (κ1) is 18.8. The second-order valence-corrected chi connectivity index (χ2v) is 7.23. The summed E-state index contributed by atoms with van der Waals surface area (Å²) in [6.45, 7) is 0.295. The van der Waals surface area contributed by atoms with Crippen molar-refractivity contribution in [1.29, 1.82) is 0 Å². The lowest BCUT2D eigenvalue weighted by atomic mass is 10.00. The molecule has 0 aliphatic carbocycles. The predicted octanol–water partition coefficient (Wildman–Crippen LogP) is 1.54. The topological polar surface area (TPSA) is 79.6 Å². The molecule has 2 aliphatic heterocycles. The average Bonchev–Trinajstić information content (AvgIpc) is 3.02. The van der Waals surface area contributed by atoms with Crippen LogP contribution in [0.4, 0.5) is 8.78 Å². The first-order valence-electron chi connectivity index (χ1n) is 9.23. The van der Waals surface area contributed by atoms with Crippen molar-refractivity contribution in [2.75, 3.05) is 6.61 Å². The normalized spacial score (nSPS) is 21.6. The van der Waals surface area contributed by atoms with Crippen LogP contribution in [-0.4, -0.2) is 51.0 Å². The Kier molecular flexibility index (Phi) is 5.03. The largest absolute Gasteiger partial charge is 0.435 e. The fourth-order valence-corrected chi connectivity index (χ4v) is 3.84. The van der Waals surface area contributed by atoms with Crippen LogP contribution < -0.4 is 10.1 Å². The molecule has 1 aromatic heterocycles. The number of alkyl halides is 2. The van der Waals surface area contributed by atoms with Crippen LogP contribution in [-0.2, 0) is 26.1 Å². The number of benzene rings is 1. The van der Waals surface area contributed by atoms with Gasteiger partial charge in [0.25, 0.3) is 5.91 Å². The first-order chi connectivity index (χ1) is 13.5. The molecular weight excluding hydrogens is 370 g/mol. The van der Waals surface area contributed by atoms with Gasteiger partial charge in [-0.1, -0.05) is 12.1 Å². The molecule has 0 saturated heterocycles. The Bertz CT molecular complexity index is 869. The number of carbonyl (C=O) groups excluding carboxylic acids is 1. The Hall–Kier alpha value is -2.52. The molecule has 0 saturated carbocycles. The van der Waals surface area contributed by atoms with Crippen molar-refractivity contribution in [3.05, 3.63) is 46.8 Å². The molecule has 3 heterocycles. The van der Waals surface area contributed by atoms with E-state index in [1.807, 2.05) is 0 Å². The Morgan fingerprint density at radius 1 is 1.36 bits per heavy atom. The summed E-state index contributed by atoms with van der Waals surface area (Å²) in [5, 5.41) is 17.8. The molecule has 0 radical (unpaired) electrons. The van der Waals surface area contributed by atoms with E-state index in [0.717, 1.165) is 23.2 Å². The van der Waals surface area contributed by atoms with Crippen LogP contribution in [0.3, 0.4) is 0 Å². The lowest BCUT2D eigenvalue weighted by molar-refractivity contribution is -0.0498. The van der Waals surface area contributed by atoms with Gasteiger partial charge in [0.2, 0.25) is 0 Å². The third kappa shape index (κ3) is 3.47. The number of ether oxygens (including phenoxy) is 1. The fraction of sp³-hybridized carbons (Fsp3) is 0.474. The van der Waals surface area contributed by atoms with E-state index < -0.39 is 12.7 Å². The van der Waals surface area contributed by atoms with Gasteiger partial charge in [-0.15, -0.1) is 0 Å². The minimum Gasteiger partial charge on any atom is -0.435 e. The Morgan fingerprint density at radius 3 is 2.79 bits per heavy atom. The van der Waals surface area contributed by atoms with Crippen LogP contribution in [0.2, 0.25) is 0 Å². The van der Waals surface area contributed by atoms with Crippen molar-refractivity contribution in [3.63, 3.8) is 0 Å². The Morgan fingerprint density at radius 2 is 2.11 bits per heavy atom. The van der Waals surface area contributed by atoms with Crippen molar-refractivity contribution in [2.45, 2.75) is 51.7 Å². The summed E-state index contributed by atoms with van der Waals surface area (Å²) in [4.78, 5) is 14.8. The number of aliphatic hydroxyl groups is 1. The van der Waals surface area contributed by atoms with Gasteiger partial charge in [0.15, 0.2) is 0 Å². The molecule has 1 unspecified atom stereocenters. The molecule has 4 rings (SSSR count). The highest BCUT2D eigenvalue weighted by atomic mass is 19.3. The quantitative estimate of drug-likeness (QED) is 0.807. The van der Waals surface area contributed by atoms with E-state index in [-0.39, 0.29) is 24.8 Å². The number of fused-ring (bicyclic) bond motifs is 3. The highest BCUT2D eigenvalue weighted by Gasteiger charge is 2.37. The van der Waals surface area contributed by atoms with E-state index in [1.54, 1.807) is 21.7 Å². The van der Waals surface area contributed by atoms with Crippen LogP contribution in [0.15, 0.2) is 24.3 Å². The molecule has 9 heteroatoms. The summed E-state index contributed by atoms with van der Waals surface area (Å²) >= 11 is 0. The summed E-state index contributed by atoms with van der Waals surface area (Å²) in [7, 11) is 0. The maximum absolute atomic E-state index is 13.2. The lowest BCUT2D eigenvalue weighted by Gasteiger charge is -2.35. The van der Waals surface area contributed by atoms with Crippen molar-refractivity contribution >= 4 is 5.91 Å². The van der Waals surface area contributed by atoms with E-state index in [1.165, 1.54) is 12.1 Å². The van der Waals surface area contributed by atoms with Crippen LogP contribution in [0, 0.1) is 0 Å². The van der Waals surface area contributed by atoms with Gasteiger partial charge in [0.05, 0.1) is 24.9 Å². The van der Waals surface area contributed by atoms with E-state index in [4.69, 9.17) is 0 Å². The second-order valence-electron chi connectivity index (χ2n) is 7.23. The van der Waals surface area contributed by atoms with Crippen molar-refractivity contribution in [2.24, 2.45) is 0 Å². The molecule has 2 atom stereocenters. The van der Waals surface area contributed by atoms with Gasteiger partial charge in [-0.05, 0) is 24.6 Å². The van der Waals surface area contributed by atoms with E-state index in [0.29, 0.717) is 24.8 Å². The number of hydrogen-bond donors (Lipinski definition) is 2. The SMILES string of the molecule is C[C@@H]1Cc2nn3c(c2CN1)C(=O)N(Cc1ccc(OC(F)F)cc1)C(CO)C3. The third-order valence-corrected chi connectivity index (χ3v) is 5.26.